The van der Waals surface area contributed by atoms with Crippen LogP contribution in [0.5, 0.6) is 0 Å². The van der Waals surface area contributed by atoms with Crippen LogP contribution in [0.15, 0.2) is 42.5 Å². The Morgan fingerprint density at radius 2 is 1.59 bits per heavy atom. The van der Waals surface area contributed by atoms with Crippen LogP contribution in [0.3, 0.4) is 0 Å². The number of benzene rings is 2. The molecular weight excluding hydrogens is 396 g/mol. The van der Waals surface area contributed by atoms with E-state index in [9.17, 15) is 31.9 Å². The molecule has 152 valence electrons. The average molecular weight is 410 g/mol. The number of anilines is 1. The molecule has 0 bridgehead atoms. The largest absolute Gasteiger partial charge is 0.452 e. The van der Waals surface area contributed by atoms with Crippen molar-refractivity contribution in [2.45, 2.75) is 0 Å². The highest BCUT2D eigenvalue weighted by Crippen LogP contribution is 2.19. The molecule has 10 heteroatoms. The fourth-order valence-electron chi connectivity index (χ4n) is 1.97. The molecule has 2 aromatic rings. The number of esters is 1. The molecule has 29 heavy (non-hydrogen) atoms. The van der Waals surface area contributed by atoms with Crippen molar-refractivity contribution in [3.63, 3.8) is 0 Å². The predicted molar refractivity (Wildman–Crippen MR) is 94.3 cm³/mol. The van der Waals surface area contributed by atoms with E-state index in [4.69, 9.17) is 0 Å². The van der Waals surface area contributed by atoms with Crippen LogP contribution >= 0.6 is 0 Å². The number of carbonyl (C=O) groups is 3. The number of ether oxygens (including phenoxy) is 1. The highest BCUT2D eigenvalue weighted by atomic mass is 19.2. The van der Waals surface area contributed by atoms with Crippen molar-refractivity contribution in [1.82, 2.24) is 5.32 Å². The molecule has 0 spiro atoms. The van der Waals surface area contributed by atoms with Crippen molar-refractivity contribution in [3.05, 3.63) is 71.3 Å². The first-order valence-electron chi connectivity index (χ1n) is 8.06. The van der Waals surface area contributed by atoms with Crippen LogP contribution in [-0.2, 0) is 19.1 Å². The second-order valence-electron chi connectivity index (χ2n) is 5.54. The third kappa shape index (κ3) is 6.76. The quantitative estimate of drug-likeness (QED) is 0.318. The molecule has 6 nitrogen and oxygen atoms in total. The first-order chi connectivity index (χ1) is 13.8. The Balaban J connectivity index is 1.73. The minimum Gasteiger partial charge on any atom is -0.452 e. The second kappa shape index (κ2) is 10.0. The van der Waals surface area contributed by atoms with Gasteiger partial charge in [0.1, 0.15) is 5.82 Å². The van der Waals surface area contributed by atoms with Gasteiger partial charge in [0.25, 0.3) is 5.91 Å². The minimum absolute atomic E-state index is 0.433. The molecule has 0 unspecified atom stereocenters. The van der Waals surface area contributed by atoms with Gasteiger partial charge in [0.05, 0.1) is 12.2 Å². The Bertz CT molecular complexity index is 946. The van der Waals surface area contributed by atoms with E-state index in [-0.39, 0.29) is 0 Å². The summed E-state index contributed by atoms with van der Waals surface area (Å²) in [6, 6.07) is 6.72. The number of rotatable bonds is 7. The number of hydrogen-bond acceptors (Lipinski definition) is 4. The highest BCUT2D eigenvalue weighted by Gasteiger charge is 2.15. The van der Waals surface area contributed by atoms with Crippen molar-refractivity contribution >= 4 is 29.5 Å². The standard InChI is InChI=1S/C19H14F4N2O4/c20-12-4-1-11(2-5-12)3-8-17(28)29-10-16(27)24-9-15(26)25-14-7-6-13(21)18(22)19(14)23/h1-8H,9-10H2,(H,24,27)(H,25,26)/b8-3+. The van der Waals surface area contributed by atoms with Gasteiger partial charge in [-0.05, 0) is 35.9 Å². The summed E-state index contributed by atoms with van der Waals surface area (Å²) in [5.41, 5.74) is -0.0607. The first-order valence-corrected chi connectivity index (χ1v) is 8.06. The zero-order valence-corrected chi connectivity index (χ0v) is 14.7. The van der Waals surface area contributed by atoms with Crippen molar-refractivity contribution in [2.75, 3.05) is 18.5 Å². The third-order valence-electron chi connectivity index (χ3n) is 3.38. The van der Waals surface area contributed by atoms with E-state index in [0.29, 0.717) is 11.6 Å². The Morgan fingerprint density at radius 3 is 2.28 bits per heavy atom. The molecule has 2 amide bonds. The monoisotopic (exact) mass is 410 g/mol. The molecule has 0 atom stereocenters. The van der Waals surface area contributed by atoms with E-state index in [0.717, 1.165) is 12.1 Å². The topological polar surface area (TPSA) is 84.5 Å². The number of carbonyl (C=O) groups excluding carboxylic acids is 3. The Hall–Kier alpha value is -3.69. The van der Waals surface area contributed by atoms with Gasteiger partial charge in [-0.2, -0.15) is 0 Å². The van der Waals surface area contributed by atoms with E-state index in [2.05, 4.69) is 10.1 Å². The number of amides is 2. The lowest BCUT2D eigenvalue weighted by atomic mass is 10.2. The maximum atomic E-state index is 13.4. The molecule has 0 aliphatic heterocycles. The van der Waals surface area contributed by atoms with E-state index in [1.165, 1.54) is 30.3 Å². The predicted octanol–water partition coefficient (Wildman–Crippen LogP) is 2.55. The Kier molecular flexibility index (Phi) is 7.47. The van der Waals surface area contributed by atoms with Gasteiger partial charge in [-0.1, -0.05) is 12.1 Å². The third-order valence-corrected chi connectivity index (χ3v) is 3.38. The van der Waals surface area contributed by atoms with Crippen LogP contribution in [0.25, 0.3) is 6.08 Å². The van der Waals surface area contributed by atoms with E-state index >= 15 is 0 Å². The Morgan fingerprint density at radius 1 is 0.897 bits per heavy atom. The van der Waals surface area contributed by atoms with Gasteiger partial charge in [-0.3, -0.25) is 9.59 Å². The molecule has 0 aliphatic rings. The Labute approximate surface area is 162 Å². The summed E-state index contributed by atoms with van der Waals surface area (Å²) in [7, 11) is 0. The summed E-state index contributed by atoms with van der Waals surface area (Å²) in [5, 5.41) is 4.06. The molecule has 0 saturated heterocycles. The lowest BCUT2D eigenvalue weighted by molar-refractivity contribution is -0.143. The summed E-state index contributed by atoms with van der Waals surface area (Å²) in [6.45, 7) is -1.32. The molecule has 0 aromatic heterocycles. The van der Waals surface area contributed by atoms with Crippen molar-refractivity contribution < 1.29 is 36.7 Å². The van der Waals surface area contributed by atoms with Crippen LogP contribution in [0.4, 0.5) is 23.2 Å². The lowest BCUT2D eigenvalue weighted by Crippen LogP contribution is -2.35. The zero-order chi connectivity index (χ0) is 21.4. The summed E-state index contributed by atoms with van der Waals surface area (Å²) in [5.74, 6) is -7.75. The number of hydrogen-bond donors (Lipinski definition) is 2. The first kappa shape index (κ1) is 21.6. The zero-order valence-electron chi connectivity index (χ0n) is 14.7. The van der Waals surface area contributed by atoms with Crippen molar-refractivity contribution in [1.29, 1.82) is 0 Å². The molecule has 2 N–H and O–H groups in total. The number of halogens is 4. The molecule has 2 rings (SSSR count). The van der Waals surface area contributed by atoms with Crippen LogP contribution in [0.1, 0.15) is 5.56 Å². The van der Waals surface area contributed by atoms with Gasteiger partial charge in [0.15, 0.2) is 24.1 Å². The average Bonchev–Trinajstić information content (AvgIpc) is 2.70. The van der Waals surface area contributed by atoms with Gasteiger partial charge < -0.3 is 15.4 Å². The fourth-order valence-corrected chi connectivity index (χ4v) is 1.97. The molecule has 0 saturated carbocycles. The highest BCUT2D eigenvalue weighted by molar-refractivity contribution is 5.95. The molecule has 0 fully saturated rings. The van der Waals surface area contributed by atoms with E-state index < -0.39 is 59.9 Å². The van der Waals surface area contributed by atoms with Gasteiger partial charge in [-0.15, -0.1) is 0 Å². The van der Waals surface area contributed by atoms with E-state index in [1.807, 2.05) is 5.32 Å². The molecule has 0 aliphatic carbocycles. The summed E-state index contributed by atoms with van der Waals surface area (Å²) >= 11 is 0. The van der Waals surface area contributed by atoms with E-state index in [1.54, 1.807) is 0 Å². The smallest absolute Gasteiger partial charge is 0.331 e. The van der Waals surface area contributed by atoms with Gasteiger partial charge >= 0.3 is 5.97 Å². The second-order valence-corrected chi connectivity index (χ2v) is 5.54. The normalized spacial score (nSPS) is 10.6. The SMILES string of the molecule is O=C(COC(=O)/C=C/c1ccc(F)cc1)NCC(=O)Nc1ccc(F)c(F)c1F. The molecule has 0 heterocycles. The summed E-state index contributed by atoms with van der Waals surface area (Å²) in [6.07, 6.45) is 2.38. The summed E-state index contributed by atoms with van der Waals surface area (Å²) < 4.78 is 56.8. The van der Waals surface area contributed by atoms with Crippen molar-refractivity contribution in [3.8, 4) is 0 Å². The van der Waals surface area contributed by atoms with Gasteiger partial charge in [-0.25, -0.2) is 22.4 Å². The van der Waals surface area contributed by atoms with Crippen LogP contribution in [-0.4, -0.2) is 30.9 Å². The molecule has 2 aromatic carbocycles. The number of nitrogens with one attached hydrogen (secondary N) is 2. The summed E-state index contributed by atoms with van der Waals surface area (Å²) in [4.78, 5) is 34.7. The van der Waals surface area contributed by atoms with Crippen LogP contribution < -0.4 is 10.6 Å². The van der Waals surface area contributed by atoms with Crippen LogP contribution in [0.2, 0.25) is 0 Å². The van der Waals surface area contributed by atoms with Crippen molar-refractivity contribution in [2.24, 2.45) is 0 Å². The molecular formula is C19H14F4N2O4. The fraction of sp³-hybridized carbons (Fsp3) is 0.105. The van der Waals surface area contributed by atoms with Crippen LogP contribution in [0, 0.1) is 23.3 Å². The maximum Gasteiger partial charge on any atom is 0.331 e. The lowest BCUT2D eigenvalue weighted by Gasteiger charge is -2.08. The maximum absolute atomic E-state index is 13.4. The van der Waals surface area contributed by atoms with Gasteiger partial charge in [0, 0.05) is 6.08 Å². The van der Waals surface area contributed by atoms with Gasteiger partial charge in [0.2, 0.25) is 5.91 Å². The molecule has 0 radical (unpaired) electrons. The minimum atomic E-state index is -1.74.